The molecule has 0 spiro atoms. The third kappa shape index (κ3) is 3.67. The Hall–Kier alpha value is -1.14. The van der Waals surface area contributed by atoms with Crippen molar-refractivity contribution in [2.45, 2.75) is 12.8 Å². The van der Waals surface area contributed by atoms with Crippen LogP contribution >= 0.6 is 15.9 Å². The molecular weight excluding hydrogens is 314 g/mol. The molecule has 0 aliphatic carbocycles. The van der Waals surface area contributed by atoms with Gasteiger partial charge in [0, 0.05) is 36.1 Å². The highest BCUT2D eigenvalue weighted by Gasteiger charge is 2.32. The third-order valence-electron chi connectivity index (χ3n) is 3.43. The maximum absolute atomic E-state index is 10.6. The van der Waals surface area contributed by atoms with Gasteiger partial charge in [0.1, 0.15) is 5.75 Å². The maximum atomic E-state index is 10.6. The Morgan fingerprint density at radius 2 is 1.95 bits per heavy atom. The number of alkyl halides is 1. The summed E-state index contributed by atoms with van der Waals surface area (Å²) < 4.78 is 11.1. The summed E-state index contributed by atoms with van der Waals surface area (Å²) in [5.74, 6) is 0.664. The highest BCUT2D eigenvalue weighted by atomic mass is 79.9. The van der Waals surface area contributed by atoms with E-state index in [9.17, 15) is 10.1 Å². The standard InChI is InChI=1S/C13H16BrNO4/c14-9-13(5-7-18-8-6-13)10-19-12-3-1-11(2-4-12)15(16)17/h1-4H,5-10H2. The lowest BCUT2D eigenvalue weighted by Crippen LogP contribution is -2.36. The first-order chi connectivity index (χ1) is 9.15. The highest BCUT2D eigenvalue weighted by Crippen LogP contribution is 2.33. The van der Waals surface area contributed by atoms with Crippen LogP contribution in [0, 0.1) is 15.5 Å². The molecule has 1 aromatic rings. The van der Waals surface area contributed by atoms with Crippen LogP contribution in [-0.4, -0.2) is 30.1 Å². The minimum Gasteiger partial charge on any atom is -0.493 e. The van der Waals surface area contributed by atoms with Gasteiger partial charge in [0.2, 0.25) is 0 Å². The summed E-state index contributed by atoms with van der Waals surface area (Å²) in [6.45, 7) is 2.11. The van der Waals surface area contributed by atoms with E-state index in [0.29, 0.717) is 12.4 Å². The quantitative estimate of drug-likeness (QED) is 0.473. The number of halogens is 1. The number of ether oxygens (including phenoxy) is 2. The molecule has 0 atom stereocenters. The summed E-state index contributed by atoms with van der Waals surface area (Å²) in [5, 5.41) is 11.4. The zero-order chi connectivity index (χ0) is 13.7. The molecule has 0 saturated carbocycles. The second kappa shape index (κ2) is 6.34. The second-order valence-corrected chi connectivity index (χ2v) is 5.35. The van der Waals surface area contributed by atoms with Crippen LogP contribution in [0.1, 0.15) is 12.8 Å². The summed E-state index contributed by atoms with van der Waals surface area (Å²) in [5.41, 5.74) is 0.175. The molecule has 2 rings (SSSR count). The lowest BCUT2D eigenvalue weighted by Gasteiger charge is -2.35. The van der Waals surface area contributed by atoms with Crippen molar-refractivity contribution in [1.29, 1.82) is 0 Å². The van der Waals surface area contributed by atoms with Crippen LogP contribution in [0.15, 0.2) is 24.3 Å². The molecule has 1 fully saturated rings. The van der Waals surface area contributed by atoms with Gasteiger partial charge < -0.3 is 9.47 Å². The van der Waals surface area contributed by atoms with Gasteiger partial charge in [0.05, 0.1) is 11.5 Å². The van der Waals surface area contributed by atoms with Crippen LogP contribution in [0.2, 0.25) is 0 Å². The summed E-state index contributed by atoms with van der Waals surface area (Å²) in [6, 6.07) is 6.19. The van der Waals surface area contributed by atoms with E-state index in [1.54, 1.807) is 12.1 Å². The van der Waals surface area contributed by atoms with Crippen LogP contribution in [0.4, 0.5) is 5.69 Å². The lowest BCUT2D eigenvalue weighted by atomic mass is 9.83. The second-order valence-electron chi connectivity index (χ2n) is 4.79. The summed E-state index contributed by atoms with van der Waals surface area (Å²) in [4.78, 5) is 10.1. The Balaban J connectivity index is 1.95. The van der Waals surface area contributed by atoms with Gasteiger partial charge in [-0.3, -0.25) is 10.1 Å². The van der Waals surface area contributed by atoms with Gasteiger partial charge in [-0.1, -0.05) is 15.9 Å². The molecule has 0 N–H and O–H groups in total. The average molecular weight is 330 g/mol. The van der Waals surface area contributed by atoms with Crippen LogP contribution in [0.5, 0.6) is 5.75 Å². The van der Waals surface area contributed by atoms with Gasteiger partial charge >= 0.3 is 0 Å². The van der Waals surface area contributed by atoms with Crippen molar-refractivity contribution in [2.75, 3.05) is 25.2 Å². The van der Waals surface area contributed by atoms with Gasteiger partial charge in [-0.15, -0.1) is 0 Å². The van der Waals surface area contributed by atoms with Gasteiger partial charge in [0.15, 0.2) is 0 Å². The fourth-order valence-corrected chi connectivity index (χ4v) is 2.74. The molecule has 1 saturated heterocycles. The SMILES string of the molecule is O=[N+]([O-])c1ccc(OCC2(CBr)CCOCC2)cc1. The number of nitrogens with zero attached hydrogens (tertiary/aromatic N) is 1. The predicted molar refractivity (Wildman–Crippen MR) is 74.9 cm³/mol. The molecule has 6 heteroatoms. The molecule has 0 radical (unpaired) electrons. The first kappa shape index (κ1) is 14.3. The molecule has 1 aliphatic rings. The minimum atomic E-state index is -0.414. The Labute approximate surface area is 120 Å². The van der Waals surface area contributed by atoms with Crippen molar-refractivity contribution >= 4 is 21.6 Å². The van der Waals surface area contributed by atoms with Crippen LogP contribution in [-0.2, 0) is 4.74 Å². The summed E-state index contributed by atoms with van der Waals surface area (Å²) in [7, 11) is 0. The molecule has 19 heavy (non-hydrogen) atoms. The van der Waals surface area contributed by atoms with Crippen LogP contribution in [0.25, 0.3) is 0 Å². The molecule has 104 valence electrons. The number of rotatable bonds is 5. The number of benzene rings is 1. The zero-order valence-electron chi connectivity index (χ0n) is 10.5. The van der Waals surface area contributed by atoms with Crippen molar-refractivity contribution in [1.82, 2.24) is 0 Å². The van der Waals surface area contributed by atoms with E-state index >= 15 is 0 Å². The van der Waals surface area contributed by atoms with Crippen molar-refractivity contribution in [3.05, 3.63) is 34.4 Å². The zero-order valence-corrected chi connectivity index (χ0v) is 12.1. The smallest absolute Gasteiger partial charge is 0.269 e. The number of hydrogen-bond donors (Lipinski definition) is 0. The summed E-state index contributed by atoms with van der Waals surface area (Å²) in [6.07, 6.45) is 1.93. The molecule has 0 bridgehead atoms. The lowest BCUT2D eigenvalue weighted by molar-refractivity contribution is -0.384. The largest absolute Gasteiger partial charge is 0.493 e. The van der Waals surface area contributed by atoms with E-state index in [2.05, 4.69) is 15.9 Å². The summed E-state index contributed by atoms with van der Waals surface area (Å²) >= 11 is 3.55. The van der Waals surface area contributed by atoms with Crippen molar-refractivity contribution in [3.63, 3.8) is 0 Å². The molecule has 1 aliphatic heterocycles. The van der Waals surface area contributed by atoms with E-state index in [1.165, 1.54) is 12.1 Å². The monoisotopic (exact) mass is 329 g/mol. The van der Waals surface area contributed by atoms with Crippen LogP contribution < -0.4 is 4.74 Å². The van der Waals surface area contributed by atoms with E-state index in [0.717, 1.165) is 31.4 Å². The predicted octanol–water partition coefficient (Wildman–Crippen LogP) is 3.17. The molecule has 1 aromatic carbocycles. The van der Waals surface area contributed by atoms with E-state index in [-0.39, 0.29) is 11.1 Å². The number of nitro benzene ring substituents is 1. The Kier molecular flexibility index (Phi) is 4.76. The highest BCUT2D eigenvalue weighted by molar-refractivity contribution is 9.09. The fraction of sp³-hybridized carbons (Fsp3) is 0.538. The maximum Gasteiger partial charge on any atom is 0.269 e. The molecule has 5 nitrogen and oxygen atoms in total. The molecule has 0 aromatic heterocycles. The first-order valence-electron chi connectivity index (χ1n) is 6.16. The van der Waals surface area contributed by atoms with Gasteiger partial charge in [-0.2, -0.15) is 0 Å². The number of hydrogen-bond acceptors (Lipinski definition) is 4. The van der Waals surface area contributed by atoms with Crippen molar-refractivity contribution in [2.24, 2.45) is 5.41 Å². The van der Waals surface area contributed by atoms with Crippen molar-refractivity contribution < 1.29 is 14.4 Å². The normalized spacial score (nSPS) is 17.9. The number of non-ortho nitro benzene ring substituents is 1. The van der Waals surface area contributed by atoms with Crippen LogP contribution in [0.3, 0.4) is 0 Å². The van der Waals surface area contributed by atoms with Gasteiger partial charge in [-0.05, 0) is 25.0 Å². The van der Waals surface area contributed by atoms with E-state index in [1.807, 2.05) is 0 Å². The van der Waals surface area contributed by atoms with E-state index < -0.39 is 4.92 Å². The fourth-order valence-electron chi connectivity index (χ4n) is 2.02. The molecular formula is C13H16BrNO4. The van der Waals surface area contributed by atoms with Gasteiger partial charge in [-0.25, -0.2) is 0 Å². The minimum absolute atomic E-state index is 0.0774. The first-order valence-corrected chi connectivity index (χ1v) is 7.28. The Bertz CT molecular complexity index is 429. The molecule has 1 heterocycles. The third-order valence-corrected chi connectivity index (χ3v) is 4.62. The Morgan fingerprint density at radius 1 is 1.32 bits per heavy atom. The molecule has 0 unspecified atom stereocenters. The average Bonchev–Trinajstić information content (AvgIpc) is 2.46. The van der Waals surface area contributed by atoms with Crippen molar-refractivity contribution in [3.8, 4) is 5.75 Å². The topological polar surface area (TPSA) is 61.6 Å². The van der Waals surface area contributed by atoms with Gasteiger partial charge in [0.25, 0.3) is 5.69 Å². The Morgan fingerprint density at radius 3 is 2.47 bits per heavy atom. The molecule has 0 amide bonds. The number of nitro groups is 1. The van der Waals surface area contributed by atoms with E-state index in [4.69, 9.17) is 9.47 Å².